The highest BCUT2D eigenvalue weighted by Crippen LogP contribution is 2.25. The molecule has 6 aromatic rings. The van der Waals surface area contributed by atoms with Crippen LogP contribution >= 0.6 is 11.6 Å². The molecule has 0 radical (unpaired) electrons. The number of halogens is 1. The van der Waals surface area contributed by atoms with Gasteiger partial charge in [0.25, 0.3) is 0 Å². The number of aliphatic hydroxyl groups excluding tert-OH is 1. The number of para-hydroxylation sites is 4. The molecule has 0 bridgehead atoms. The summed E-state index contributed by atoms with van der Waals surface area (Å²) in [6.07, 6.45) is 6.66. The van der Waals surface area contributed by atoms with E-state index in [1.165, 1.54) is 12.2 Å². The Kier molecular flexibility index (Phi) is 10.5. The molecule has 0 aliphatic rings. The molecule has 0 aliphatic carbocycles. The molecule has 1 N–H and O–H groups in total. The predicted molar refractivity (Wildman–Crippen MR) is 183 cm³/mol. The van der Waals surface area contributed by atoms with Crippen molar-refractivity contribution in [3.8, 4) is 22.5 Å². The van der Waals surface area contributed by atoms with Gasteiger partial charge in [-0.05, 0) is 82.9 Å². The minimum absolute atomic E-state index is 0.0210. The van der Waals surface area contributed by atoms with Gasteiger partial charge in [0, 0.05) is 29.8 Å². The first kappa shape index (κ1) is 32.0. The van der Waals surface area contributed by atoms with Crippen LogP contribution in [0.25, 0.3) is 44.6 Å². The third-order valence-electron chi connectivity index (χ3n) is 7.14. The number of carbonyl (C=O) groups is 2. The zero-order valence-corrected chi connectivity index (χ0v) is 25.8. The number of hydrogen-bond donors (Lipinski definition) is 1. The largest absolute Gasteiger partial charge is 0.392 e. The SMILES string of the molecule is C=CC(=O)Cc1cc(CCl)cc(-c2cnc3ccccc3n2)c1.C=CC(=O)Cc1cc(CO)cc(-c2cnc3ccccc3n2)c1. The second kappa shape index (κ2) is 15.1. The van der Waals surface area contributed by atoms with Gasteiger partial charge in [-0.1, -0.05) is 49.6 Å². The number of alkyl halides is 1. The number of benzene rings is 4. The summed E-state index contributed by atoms with van der Waals surface area (Å²) in [5, 5.41) is 9.46. The summed E-state index contributed by atoms with van der Waals surface area (Å²) in [6, 6.07) is 26.8. The fourth-order valence-electron chi connectivity index (χ4n) is 4.93. The minimum atomic E-state index is -0.0931. The number of allylic oxidation sites excluding steroid dienone is 2. The molecule has 228 valence electrons. The van der Waals surface area contributed by atoms with E-state index in [-0.39, 0.29) is 24.6 Å². The first-order chi connectivity index (χ1) is 22.4. The van der Waals surface area contributed by atoms with Crippen LogP contribution in [0.5, 0.6) is 0 Å². The average Bonchev–Trinajstić information content (AvgIpc) is 3.10. The third kappa shape index (κ3) is 8.01. The Balaban J connectivity index is 0.000000181. The molecular weight excluding hydrogens is 596 g/mol. The van der Waals surface area contributed by atoms with Crippen molar-refractivity contribution in [2.24, 2.45) is 0 Å². The van der Waals surface area contributed by atoms with Crippen molar-refractivity contribution in [3.05, 3.63) is 145 Å². The zero-order valence-electron chi connectivity index (χ0n) is 25.1. The second-order valence-electron chi connectivity index (χ2n) is 10.6. The predicted octanol–water partition coefficient (Wildman–Crippen LogP) is 7.42. The van der Waals surface area contributed by atoms with Crippen molar-refractivity contribution in [1.82, 2.24) is 19.9 Å². The fourth-order valence-corrected chi connectivity index (χ4v) is 5.09. The van der Waals surface area contributed by atoms with Crippen molar-refractivity contribution in [1.29, 1.82) is 0 Å². The molecule has 7 nitrogen and oxygen atoms in total. The van der Waals surface area contributed by atoms with Gasteiger partial charge in [0.2, 0.25) is 0 Å². The first-order valence-electron chi connectivity index (χ1n) is 14.6. The molecule has 0 amide bonds. The molecule has 0 saturated heterocycles. The van der Waals surface area contributed by atoms with Gasteiger partial charge in [0.05, 0.1) is 52.5 Å². The molecule has 0 fully saturated rings. The third-order valence-corrected chi connectivity index (χ3v) is 7.45. The van der Waals surface area contributed by atoms with Crippen LogP contribution in [-0.4, -0.2) is 36.6 Å². The molecule has 2 heterocycles. The van der Waals surface area contributed by atoms with Crippen LogP contribution < -0.4 is 0 Å². The highest BCUT2D eigenvalue weighted by molar-refractivity contribution is 6.17. The van der Waals surface area contributed by atoms with E-state index in [9.17, 15) is 14.7 Å². The van der Waals surface area contributed by atoms with Crippen molar-refractivity contribution < 1.29 is 14.7 Å². The van der Waals surface area contributed by atoms with Crippen molar-refractivity contribution in [2.45, 2.75) is 25.3 Å². The van der Waals surface area contributed by atoms with Crippen LogP contribution in [0.2, 0.25) is 0 Å². The number of ketones is 2. The van der Waals surface area contributed by atoms with E-state index in [0.717, 1.165) is 61.1 Å². The summed E-state index contributed by atoms with van der Waals surface area (Å²) in [7, 11) is 0. The Labute approximate surface area is 272 Å². The van der Waals surface area contributed by atoms with E-state index in [1.807, 2.05) is 84.9 Å². The number of aliphatic hydroxyl groups is 1. The average molecular weight is 627 g/mol. The van der Waals surface area contributed by atoms with Gasteiger partial charge in [0.15, 0.2) is 11.6 Å². The lowest BCUT2D eigenvalue weighted by Gasteiger charge is -2.08. The van der Waals surface area contributed by atoms with Crippen LogP contribution in [0, 0.1) is 0 Å². The number of aromatic nitrogens is 4. The van der Waals surface area contributed by atoms with E-state index in [0.29, 0.717) is 18.0 Å². The monoisotopic (exact) mass is 626 g/mol. The number of nitrogens with zero attached hydrogens (tertiary/aromatic N) is 4. The molecule has 0 unspecified atom stereocenters. The maximum atomic E-state index is 11.6. The highest BCUT2D eigenvalue weighted by atomic mass is 35.5. The maximum Gasteiger partial charge on any atom is 0.159 e. The number of hydrogen-bond acceptors (Lipinski definition) is 7. The van der Waals surface area contributed by atoms with Crippen LogP contribution in [0.15, 0.2) is 123 Å². The molecule has 0 spiro atoms. The lowest BCUT2D eigenvalue weighted by molar-refractivity contribution is -0.114. The summed E-state index contributed by atoms with van der Waals surface area (Å²) in [6.45, 7) is 6.92. The van der Waals surface area contributed by atoms with Crippen molar-refractivity contribution in [2.75, 3.05) is 0 Å². The van der Waals surface area contributed by atoms with Gasteiger partial charge in [-0.15, -0.1) is 11.6 Å². The molecule has 0 saturated carbocycles. The zero-order chi connectivity index (χ0) is 32.5. The Morgan fingerprint density at radius 3 is 1.48 bits per heavy atom. The van der Waals surface area contributed by atoms with Gasteiger partial charge in [-0.2, -0.15) is 0 Å². The highest BCUT2D eigenvalue weighted by Gasteiger charge is 2.10. The molecule has 0 atom stereocenters. The van der Waals surface area contributed by atoms with Crippen LogP contribution in [-0.2, 0) is 34.9 Å². The number of fused-ring (bicyclic) bond motifs is 2. The van der Waals surface area contributed by atoms with Gasteiger partial charge < -0.3 is 5.11 Å². The fraction of sp³-hybridized carbons (Fsp3) is 0.105. The molecular formula is C38H31ClN4O3. The molecule has 46 heavy (non-hydrogen) atoms. The number of rotatable bonds is 10. The van der Waals surface area contributed by atoms with E-state index < -0.39 is 0 Å². The smallest absolute Gasteiger partial charge is 0.159 e. The van der Waals surface area contributed by atoms with Crippen LogP contribution in [0.1, 0.15) is 22.3 Å². The van der Waals surface area contributed by atoms with Crippen molar-refractivity contribution in [3.63, 3.8) is 0 Å². The Bertz CT molecular complexity index is 1930. The Hall–Kier alpha value is -5.37. The second-order valence-corrected chi connectivity index (χ2v) is 10.8. The lowest BCUT2D eigenvalue weighted by atomic mass is 10.0. The standard InChI is InChI=1S/C19H15ClN2O.C19H16N2O2/c1-2-16(23)10-13-7-14(11-20)9-15(8-13)19-12-21-17-5-3-4-6-18(17)22-19;1-2-16(23)10-13-7-14(12-22)9-15(8-13)19-11-20-17-5-3-4-6-18(17)21-19/h2-9,12H,1,10-11H2;2-9,11,22H,1,10,12H2. The van der Waals surface area contributed by atoms with Gasteiger partial charge >= 0.3 is 0 Å². The van der Waals surface area contributed by atoms with Crippen LogP contribution in [0.3, 0.4) is 0 Å². The molecule has 8 heteroatoms. The topological polar surface area (TPSA) is 106 Å². The van der Waals surface area contributed by atoms with Gasteiger partial charge in [-0.25, -0.2) is 9.97 Å². The summed E-state index contributed by atoms with van der Waals surface area (Å²) in [4.78, 5) is 41.3. The first-order valence-corrected chi connectivity index (χ1v) is 15.1. The summed E-state index contributed by atoms with van der Waals surface area (Å²) in [5.41, 5.74) is 9.97. The Morgan fingerprint density at radius 2 is 1.04 bits per heavy atom. The molecule has 2 aromatic heterocycles. The van der Waals surface area contributed by atoms with E-state index >= 15 is 0 Å². The molecule has 4 aromatic carbocycles. The quantitative estimate of drug-likeness (QED) is 0.125. The maximum absolute atomic E-state index is 11.6. The number of carbonyl (C=O) groups excluding carboxylic acids is 2. The van der Waals surface area contributed by atoms with E-state index in [4.69, 9.17) is 11.6 Å². The van der Waals surface area contributed by atoms with Crippen LogP contribution in [0.4, 0.5) is 0 Å². The van der Waals surface area contributed by atoms with E-state index in [1.54, 1.807) is 12.4 Å². The summed E-state index contributed by atoms with van der Waals surface area (Å²) >= 11 is 5.98. The normalized spacial score (nSPS) is 10.7. The minimum Gasteiger partial charge on any atom is -0.392 e. The molecule has 6 rings (SSSR count). The van der Waals surface area contributed by atoms with E-state index in [2.05, 4.69) is 33.1 Å². The summed E-state index contributed by atoms with van der Waals surface area (Å²) in [5.74, 6) is 0.298. The molecule has 0 aliphatic heterocycles. The van der Waals surface area contributed by atoms with Gasteiger partial charge in [0.1, 0.15) is 0 Å². The van der Waals surface area contributed by atoms with Crippen molar-refractivity contribution >= 4 is 45.2 Å². The summed E-state index contributed by atoms with van der Waals surface area (Å²) < 4.78 is 0. The Morgan fingerprint density at radius 1 is 0.630 bits per heavy atom. The van der Waals surface area contributed by atoms with Gasteiger partial charge in [-0.3, -0.25) is 19.6 Å². The lowest BCUT2D eigenvalue weighted by Crippen LogP contribution is -2.00.